The van der Waals surface area contributed by atoms with E-state index >= 15 is 0 Å². The van der Waals surface area contributed by atoms with Crippen molar-refractivity contribution in [3.63, 3.8) is 0 Å². The second-order valence-corrected chi connectivity index (χ2v) is 6.99. The van der Waals surface area contributed by atoms with Crippen LogP contribution in [0.2, 0.25) is 0 Å². The van der Waals surface area contributed by atoms with Gasteiger partial charge in [-0.3, -0.25) is 15.2 Å². The molecule has 1 fully saturated rings. The van der Waals surface area contributed by atoms with Crippen molar-refractivity contribution in [3.8, 4) is 11.5 Å². The van der Waals surface area contributed by atoms with Gasteiger partial charge in [0.05, 0.1) is 11.3 Å². The monoisotopic (exact) mass is 402 g/mol. The quantitative estimate of drug-likeness (QED) is 0.462. The van der Waals surface area contributed by atoms with Crippen LogP contribution in [0.25, 0.3) is 0 Å². The van der Waals surface area contributed by atoms with Gasteiger partial charge >= 0.3 is 0 Å². The molecule has 1 heterocycles. The third-order valence-corrected chi connectivity index (χ3v) is 4.80. The fourth-order valence-corrected chi connectivity index (χ4v) is 3.13. The van der Waals surface area contributed by atoms with Crippen molar-refractivity contribution >= 4 is 17.8 Å². The van der Waals surface area contributed by atoms with Crippen LogP contribution in [0.5, 0.6) is 11.5 Å². The molecule has 154 valence electrons. The number of carbonyl (C=O) groups excluding carboxylic acids is 1. The van der Waals surface area contributed by atoms with Crippen LogP contribution in [0.3, 0.4) is 0 Å². The molecule has 1 aliphatic heterocycles. The Morgan fingerprint density at radius 3 is 2.40 bits per heavy atom. The number of benzene rings is 2. The minimum atomic E-state index is -0.691. The van der Waals surface area contributed by atoms with Crippen molar-refractivity contribution in [3.05, 3.63) is 84.1 Å². The number of amides is 1. The van der Waals surface area contributed by atoms with Gasteiger partial charge in [0.2, 0.25) is 0 Å². The molecular formula is C24H26N4O2. The van der Waals surface area contributed by atoms with Crippen LogP contribution in [0.4, 0.5) is 0 Å². The highest BCUT2D eigenvalue weighted by molar-refractivity contribution is 6.26. The normalized spacial score (nSPS) is 15.5. The summed E-state index contributed by atoms with van der Waals surface area (Å²) in [4.78, 5) is 16.0. The largest absolute Gasteiger partial charge is 0.457 e. The number of carbonyl (C=O) groups is 1. The third-order valence-electron chi connectivity index (χ3n) is 4.80. The van der Waals surface area contributed by atoms with Gasteiger partial charge in [0.1, 0.15) is 11.5 Å². The minimum absolute atomic E-state index is 0.0215. The molecule has 2 aromatic carbocycles. The second-order valence-electron chi connectivity index (χ2n) is 6.99. The summed E-state index contributed by atoms with van der Waals surface area (Å²) in [5.41, 5.74) is 6.10. The van der Waals surface area contributed by atoms with Crippen molar-refractivity contribution in [2.75, 3.05) is 13.1 Å². The van der Waals surface area contributed by atoms with Crippen LogP contribution in [-0.2, 0) is 4.79 Å². The van der Waals surface area contributed by atoms with Crippen LogP contribution in [0.15, 0.2) is 83.5 Å². The number of rotatable bonds is 8. The standard InChI is InChI=1S/C24H26N4O2/c25-23(19-8-10-21(11-9-19)30-20-6-2-1-3-7-20)22(24(26)29)17-28-14-4-5-18-12-15-27-16-13-18/h1-11,14,17-18,25,27H,12-13,15-16H2,(H2,26,29)/b5-4+,22-17-,25-23?,28-14+. The Balaban J connectivity index is 1.64. The molecule has 1 aliphatic rings. The van der Waals surface area contributed by atoms with Gasteiger partial charge in [-0.2, -0.15) is 0 Å². The summed E-state index contributed by atoms with van der Waals surface area (Å²) < 4.78 is 5.75. The maximum atomic E-state index is 11.8. The zero-order valence-corrected chi connectivity index (χ0v) is 16.8. The van der Waals surface area contributed by atoms with Crippen LogP contribution in [0.1, 0.15) is 18.4 Å². The fraction of sp³-hybridized carbons (Fsp3) is 0.208. The molecule has 4 N–H and O–H groups in total. The molecule has 0 atom stereocenters. The van der Waals surface area contributed by atoms with E-state index in [4.69, 9.17) is 15.9 Å². The molecule has 6 heteroatoms. The molecule has 0 spiro atoms. The number of para-hydroxylation sites is 1. The molecule has 3 rings (SSSR count). The van der Waals surface area contributed by atoms with Crippen LogP contribution < -0.4 is 15.8 Å². The van der Waals surface area contributed by atoms with Crippen molar-refractivity contribution in [1.82, 2.24) is 5.32 Å². The smallest absolute Gasteiger partial charge is 0.252 e. The highest BCUT2D eigenvalue weighted by atomic mass is 16.5. The molecule has 30 heavy (non-hydrogen) atoms. The van der Waals surface area contributed by atoms with Gasteiger partial charge in [0.15, 0.2) is 0 Å². The maximum absolute atomic E-state index is 11.8. The first-order valence-corrected chi connectivity index (χ1v) is 9.96. The number of allylic oxidation sites excluding steroid dienone is 2. The zero-order valence-electron chi connectivity index (χ0n) is 16.8. The van der Waals surface area contributed by atoms with E-state index in [1.807, 2.05) is 36.4 Å². The van der Waals surface area contributed by atoms with Crippen molar-refractivity contribution in [2.24, 2.45) is 16.6 Å². The molecule has 0 unspecified atom stereocenters. The number of ether oxygens (including phenoxy) is 1. The number of primary amides is 1. The van der Waals surface area contributed by atoms with Gasteiger partial charge in [-0.1, -0.05) is 24.3 Å². The summed E-state index contributed by atoms with van der Waals surface area (Å²) in [5, 5.41) is 11.7. The maximum Gasteiger partial charge on any atom is 0.252 e. The van der Waals surface area contributed by atoms with E-state index in [1.54, 1.807) is 30.5 Å². The molecule has 0 radical (unpaired) electrons. The minimum Gasteiger partial charge on any atom is -0.457 e. The Bertz CT molecular complexity index is 941. The van der Waals surface area contributed by atoms with E-state index in [9.17, 15) is 4.79 Å². The van der Waals surface area contributed by atoms with Gasteiger partial charge in [-0.15, -0.1) is 0 Å². The average Bonchev–Trinajstić information content (AvgIpc) is 2.77. The van der Waals surface area contributed by atoms with E-state index < -0.39 is 5.91 Å². The fourth-order valence-electron chi connectivity index (χ4n) is 3.13. The van der Waals surface area contributed by atoms with E-state index in [0.29, 0.717) is 17.2 Å². The SMILES string of the molecule is N=C(/C(=C/N=C/C=C/C1CCNCC1)C(N)=O)c1ccc(Oc2ccccc2)cc1. The highest BCUT2D eigenvalue weighted by Gasteiger charge is 2.14. The number of nitrogens with two attached hydrogens (primary N) is 1. The molecule has 1 amide bonds. The van der Waals surface area contributed by atoms with E-state index in [2.05, 4.69) is 16.4 Å². The zero-order chi connectivity index (χ0) is 21.2. The third kappa shape index (κ3) is 6.25. The summed E-state index contributed by atoms with van der Waals surface area (Å²) in [6.07, 6.45) is 9.19. The molecule has 0 saturated carbocycles. The van der Waals surface area contributed by atoms with E-state index in [-0.39, 0.29) is 11.3 Å². The first-order valence-electron chi connectivity index (χ1n) is 9.96. The van der Waals surface area contributed by atoms with Gasteiger partial charge < -0.3 is 15.8 Å². The number of hydrogen-bond acceptors (Lipinski definition) is 5. The summed E-state index contributed by atoms with van der Waals surface area (Å²) in [7, 11) is 0. The molecule has 1 saturated heterocycles. The van der Waals surface area contributed by atoms with Gasteiger partial charge in [0, 0.05) is 18.0 Å². The lowest BCUT2D eigenvalue weighted by atomic mass is 9.98. The van der Waals surface area contributed by atoms with Gasteiger partial charge in [-0.05, 0) is 74.3 Å². The van der Waals surface area contributed by atoms with Gasteiger partial charge in [0.25, 0.3) is 5.91 Å². The molecule has 0 aliphatic carbocycles. The molecule has 0 bridgehead atoms. The van der Waals surface area contributed by atoms with Crippen molar-refractivity contribution in [1.29, 1.82) is 5.41 Å². The number of nitrogens with zero attached hydrogens (tertiary/aromatic N) is 1. The Hall–Kier alpha value is -3.51. The first kappa shape index (κ1) is 21.2. The molecular weight excluding hydrogens is 376 g/mol. The predicted octanol–water partition coefficient (Wildman–Crippen LogP) is 3.84. The number of nitrogens with one attached hydrogen (secondary N) is 2. The van der Waals surface area contributed by atoms with Gasteiger partial charge in [-0.25, -0.2) is 0 Å². The van der Waals surface area contributed by atoms with Crippen LogP contribution >= 0.6 is 0 Å². The van der Waals surface area contributed by atoms with Crippen LogP contribution in [0, 0.1) is 11.3 Å². The Labute approximate surface area is 176 Å². The molecule has 6 nitrogen and oxygen atoms in total. The lowest BCUT2D eigenvalue weighted by Gasteiger charge is -2.18. The lowest BCUT2D eigenvalue weighted by molar-refractivity contribution is -0.114. The van der Waals surface area contributed by atoms with Crippen molar-refractivity contribution in [2.45, 2.75) is 12.8 Å². The number of aliphatic imine (C=N–C) groups is 1. The van der Waals surface area contributed by atoms with E-state index in [1.165, 1.54) is 6.20 Å². The second kappa shape index (κ2) is 10.9. The summed E-state index contributed by atoms with van der Waals surface area (Å²) in [5.74, 6) is 1.23. The Kier molecular flexibility index (Phi) is 7.69. The highest BCUT2D eigenvalue weighted by Crippen LogP contribution is 2.22. The summed E-state index contributed by atoms with van der Waals surface area (Å²) >= 11 is 0. The van der Waals surface area contributed by atoms with Crippen molar-refractivity contribution < 1.29 is 9.53 Å². The first-order chi connectivity index (χ1) is 14.6. The Morgan fingerprint density at radius 1 is 1.07 bits per heavy atom. The number of hydrogen-bond donors (Lipinski definition) is 3. The predicted molar refractivity (Wildman–Crippen MR) is 120 cm³/mol. The average molecular weight is 402 g/mol. The van der Waals surface area contributed by atoms with E-state index in [0.717, 1.165) is 31.7 Å². The topological polar surface area (TPSA) is 101 Å². The Morgan fingerprint density at radius 2 is 1.73 bits per heavy atom. The summed E-state index contributed by atoms with van der Waals surface area (Å²) in [6, 6.07) is 16.4. The van der Waals surface area contributed by atoms with Crippen LogP contribution in [-0.4, -0.2) is 30.9 Å². The molecule has 0 aromatic heterocycles. The lowest BCUT2D eigenvalue weighted by Crippen LogP contribution is -2.26. The summed E-state index contributed by atoms with van der Waals surface area (Å²) in [6.45, 7) is 2.06. The number of piperidine rings is 1. The molecule has 2 aromatic rings.